The molecule has 1 N–H and O–H groups in total. The Hall–Kier alpha value is -1.80. The lowest BCUT2D eigenvalue weighted by Gasteiger charge is -2.07. The minimum absolute atomic E-state index is 0.802. The van der Waals surface area contributed by atoms with Gasteiger partial charge in [-0.15, -0.1) is 0 Å². The fourth-order valence-electron chi connectivity index (χ4n) is 2.27. The molecular weight excluding hydrogens is 258 g/mol. The normalized spacial score (nSPS) is 10.5. The molecule has 112 valence electrons. The molecule has 0 heterocycles. The Labute approximate surface area is 128 Å². The third-order valence-corrected chi connectivity index (χ3v) is 3.48. The quantitative estimate of drug-likeness (QED) is 0.684. The lowest BCUT2D eigenvalue weighted by molar-refractivity contribution is 0.305. The fourth-order valence-corrected chi connectivity index (χ4v) is 2.27. The third kappa shape index (κ3) is 5.60. The predicted molar refractivity (Wildman–Crippen MR) is 89.8 cm³/mol. The number of hydrogen-bond donors (Lipinski definition) is 1. The van der Waals surface area contributed by atoms with Gasteiger partial charge in [0.15, 0.2) is 0 Å². The number of unbranched alkanes of at least 4 members (excludes halogenated alkanes) is 2. The molecule has 21 heavy (non-hydrogen) atoms. The van der Waals surface area contributed by atoms with Crippen LogP contribution in [0.1, 0.15) is 26.2 Å². The Balaban J connectivity index is 1.71. The van der Waals surface area contributed by atoms with Crippen molar-refractivity contribution in [2.75, 3.05) is 19.7 Å². The second kappa shape index (κ2) is 9.19. The van der Waals surface area contributed by atoms with Gasteiger partial charge in [-0.25, -0.2) is 0 Å². The van der Waals surface area contributed by atoms with Crippen molar-refractivity contribution < 1.29 is 4.74 Å². The Morgan fingerprint density at radius 2 is 1.52 bits per heavy atom. The SMILES string of the molecule is CCNCCCCCOc1ccc(-c2ccccc2)cc1. The van der Waals surface area contributed by atoms with Gasteiger partial charge in [0.05, 0.1) is 6.61 Å². The molecule has 0 saturated heterocycles. The van der Waals surface area contributed by atoms with Crippen LogP contribution in [-0.2, 0) is 0 Å². The van der Waals surface area contributed by atoms with Gasteiger partial charge in [-0.2, -0.15) is 0 Å². The van der Waals surface area contributed by atoms with Crippen molar-refractivity contribution in [2.24, 2.45) is 0 Å². The first kappa shape index (κ1) is 15.6. The van der Waals surface area contributed by atoms with Crippen LogP contribution in [0.4, 0.5) is 0 Å². The first-order chi connectivity index (χ1) is 10.4. The van der Waals surface area contributed by atoms with Crippen molar-refractivity contribution in [1.29, 1.82) is 0 Å². The molecule has 0 saturated carbocycles. The summed E-state index contributed by atoms with van der Waals surface area (Å²) in [7, 11) is 0. The summed E-state index contributed by atoms with van der Waals surface area (Å²) in [6, 6.07) is 18.8. The van der Waals surface area contributed by atoms with E-state index in [-0.39, 0.29) is 0 Å². The molecule has 0 unspecified atom stereocenters. The Bertz CT molecular complexity index is 493. The van der Waals surface area contributed by atoms with Gasteiger partial charge >= 0.3 is 0 Å². The standard InChI is InChI=1S/C19H25NO/c1-2-20-15-7-4-8-16-21-19-13-11-18(12-14-19)17-9-5-3-6-10-17/h3,5-6,9-14,20H,2,4,7-8,15-16H2,1H3. The van der Waals surface area contributed by atoms with Crippen molar-refractivity contribution in [3.05, 3.63) is 54.6 Å². The van der Waals surface area contributed by atoms with Crippen LogP contribution in [0.3, 0.4) is 0 Å². The van der Waals surface area contributed by atoms with Crippen LogP contribution in [0.5, 0.6) is 5.75 Å². The first-order valence-corrected chi connectivity index (χ1v) is 7.89. The van der Waals surface area contributed by atoms with Crippen molar-refractivity contribution >= 4 is 0 Å². The summed E-state index contributed by atoms with van der Waals surface area (Å²) in [6.45, 7) is 5.12. The molecule has 0 aliphatic rings. The monoisotopic (exact) mass is 283 g/mol. The molecule has 0 spiro atoms. The lowest BCUT2D eigenvalue weighted by Crippen LogP contribution is -2.14. The molecule has 0 fully saturated rings. The summed E-state index contributed by atoms with van der Waals surface area (Å²) >= 11 is 0. The Morgan fingerprint density at radius 3 is 2.24 bits per heavy atom. The van der Waals surface area contributed by atoms with Crippen LogP contribution >= 0.6 is 0 Å². The van der Waals surface area contributed by atoms with Gasteiger partial charge in [-0.3, -0.25) is 0 Å². The third-order valence-electron chi connectivity index (χ3n) is 3.48. The van der Waals surface area contributed by atoms with E-state index < -0.39 is 0 Å². The van der Waals surface area contributed by atoms with E-state index in [1.165, 1.54) is 24.0 Å². The van der Waals surface area contributed by atoms with Gasteiger partial charge in [0.2, 0.25) is 0 Å². The number of nitrogens with one attached hydrogen (secondary N) is 1. The number of rotatable bonds is 9. The minimum Gasteiger partial charge on any atom is -0.494 e. The fraction of sp³-hybridized carbons (Fsp3) is 0.368. The van der Waals surface area contributed by atoms with Gasteiger partial charge in [0.1, 0.15) is 5.75 Å². The molecule has 0 amide bonds. The van der Waals surface area contributed by atoms with Gasteiger partial charge in [0.25, 0.3) is 0 Å². The molecule has 0 aliphatic carbocycles. The smallest absolute Gasteiger partial charge is 0.119 e. The maximum Gasteiger partial charge on any atom is 0.119 e. The van der Waals surface area contributed by atoms with E-state index in [4.69, 9.17) is 4.74 Å². The number of hydrogen-bond acceptors (Lipinski definition) is 2. The average molecular weight is 283 g/mol. The molecule has 0 radical (unpaired) electrons. The van der Waals surface area contributed by atoms with Gasteiger partial charge < -0.3 is 10.1 Å². The van der Waals surface area contributed by atoms with Crippen molar-refractivity contribution in [3.8, 4) is 16.9 Å². The van der Waals surface area contributed by atoms with Crippen LogP contribution in [0, 0.1) is 0 Å². The maximum absolute atomic E-state index is 5.78. The highest BCUT2D eigenvalue weighted by Crippen LogP contribution is 2.22. The second-order valence-electron chi connectivity index (χ2n) is 5.15. The zero-order valence-corrected chi connectivity index (χ0v) is 12.8. The van der Waals surface area contributed by atoms with E-state index in [1.54, 1.807) is 0 Å². The first-order valence-electron chi connectivity index (χ1n) is 7.89. The van der Waals surface area contributed by atoms with Crippen LogP contribution in [0.2, 0.25) is 0 Å². The molecule has 2 heteroatoms. The predicted octanol–water partition coefficient (Wildman–Crippen LogP) is 4.51. The largest absolute Gasteiger partial charge is 0.494 e. The van der Waals surface area contributed by atoms with Crippen molar-refractivity contribution in [3.63, 3.8) is 0 Å². The van der Waals surface area contributed by atoms with E-state index in [0.717, 1.165) is 31.9 Å². The van der Waals surface area contributed by atoms with Crippen molar-refractivity contribution in [2.45, 2.75) is 26.2 Å². The van der Waals surface area contributed by atoms with E-state index in [0.29, 0.717) is 0 Å². The molecule has 2 aromatic carbocycles. The zero-order valence-electron chi connectivity index (χ0n) is 12.8. The second-order valence-corrected chi connectivity index (χ2v) is 5.15. The molecule has 0 atom stereocenters. The van der Waals surface area contributed by atoms with Crippen LogP contribution in [0.15, 0.2) is 54.6 Å². The Morgan fingerprint density at radius 1 is 0.810 bits per heavy atom. The van der Waals surface area contributed by atoms with Crippen LogP contribution in [0.25, 0.3) is 11.1 Å². The summed E-state index contributed by atoms with van der Waals surface area (Å²) in [5.74, 6) is 0.960. The highest BCUT2D eigenvalue weighted by molar-refractivity contribution is 5.63. The van der Waals surface area contributed by atoms with Gasteiger partial charge in [-0.1, -0.05) is 49.4 Å². The van der Waals surface area contributed by atoms with Gasteiger partial charge in [0, 0.05) is 0 Å². The van der Waals surface area contributed by atoms with Gasteiger partial charge in [-0.05, 0) is 55.6 Å². The maximum atomic E-state index is 5.78. The minimum atomic E-state index is 0.802. The van der Waals surface area contributed by atoms with E-state index in [1.807, 2.05) is 6.07 Å². The molecule has 0 aromatic heterocycles. The molecule has 2 aromatic rings. The lowest BCUT2D eigenvalue weighted by atomic mass is 10.1. The van der Waals surface area contributed by atoms with E-state index >= 15 is 0 Å². The summed E-state index contributed by atoms with van der Waals surface area (Å²) < 4.78 is 5.78. The molecule has 2 rings (SSSR count). The zero-order chi connectivity index (χ0) is 14.8. The summed E-state index contributed by atoms with van der Waals surface area (Å²) in [4.78, 5) is 0. The molecular formula is C19H25NO. The summed E-state index contributed by atoms with van der Waals surface area (Å²) in [6.07, 6.45) is 3.56. The molecule has 0 aliphatic heterocycles. The van der Waals surface area contributed by atoms with E-state index in [2.05, 4.69) is 60.8 Å². The summed E-state index contributed by atoms with van der Waals surface area (Å²) in [5, 5.41) is 3.34. The van der Waals surface area contributed by atoms with Crippen molar-refractivity contribution in [1.82, 2.24) is 5.32 Å². The molecule has 2 nitrogen and oxygen atoms in total. The summed E-state index contributed by atoms with van der Waals surface area (Å²) in [5.41, 5.74) is 2.47. The highest BCUT2D eigenvalue weighted by atomic mass is 16.5. The number of benzene rings is 2. The topological polar surface area (TPSA) is 21.3 Å². The van der Waals surface area contributed by atoms with Crippen LogP contribution < -0.4 is 10.1 Å². The highest BCUT2D eigenvalue weighted by Gasteiger charge is 1.98. The molecule has 0 bridgehead atoms. The van der Waals surface area contributed by atoms with E-state index in [9.17, 15) is 0 Å². The Kier molecular flexibility index (Phi) is 6.82. The average Bonchev–Trinajstić information content (AvgIpc) is 2.55. The number of ether oxygens (including phenoxy) is 1. The van der Waals surface area contributed by atoms with Crippen LogP contribution in [-0.4, -0.2) is 19.7 Å².